The summed E-state index contributed by atoms with van der Waals surface area (Å²) in [7, 11) is 0. The Morgan fingerprint density at radius 3 is 2.68 bits per heavy atom. The molecule has 0 radical (unpaired) electrons. The molecule has 0 aliphatic carbocycles. The molecule has 0 atom stereocenters. The number of aromatic nitrogens is 3. The van der Waals surface area contributed by atoms with Crippen LogP contribution in [-0.4, -0.2) is 32.9 Å². The second-order valence-electron chi connectivity index (χ2n) is 5.96. The molecule has 28 heavy (non-hydrogen) atoms. The van der Waals surface area contributed by atoms with Crippen LogP contribution < -0.4 is 4.74 Å². The molecule has 1 heterocycles. The Bertz CT molecular complexity index is 970. The standard InChI is InChI=1S/C21H20ClN3O2S/c1-3-12-25-20(16-8-10-17(22)11-9-16)23-24-21(25)28-14-13-27-19-7-5-4-6-18(19)15(2)26/h3-11H,1,12-14H2,2H3. The molecule has 5 nitrogen and oxygen atoms in total. The quantitative estimate of drug-likeness (QED) is 0.210. The lowest BCUT2D eigenvalue weighted by molar-refractivity contribution is 0.101. The summed E-state index contributed by atoms with van der Waals surface area (Å²) >= 11 is 7.52. The van der Waals surface area contributed by atoms with Gasteiger partial charge in [-0.05, 0) is 43.3 Å². The van der Waals surface area contributed by atoms with Crippen molar-refractivity contribution < 1.29 is 9.53 Å². The SMILES string of the molecule is C=CCn1c(SCCOc2ccccc2C(C)=O)nnc1-c1ccc(Cl)cc1. The van der Waals surface area contributed by atoms with Gasteiger partial charge in [0.25, 0.3) is 0 Å². The van der Waals surface area contributed by atoms with Gasteiger partial charge in [-0.15, -0.1) is 16.8 Å². The van der Waals surface area contributed by atoms with Crippen molar-refractivity contribution in [1.82, 2.24) is 14.8 Å². The fourth-order valence-electron chi connectivity index (χ4n) is 2.67. The van der Waals surface area contributed by atoms with Crippen molar-refractivity contribution in [3.63, 3.8) is 0 Å². The average molecular weight is 414 g/mol. The van der Waals surface area contributed by atoms with Gasteiger partial charge in [0.1, 0.15) is 5.75 Å². The number of nitrogens with zero attached hydrogens (tertiary/aromatic N) is 3. The number of ether oxygens (including phenoxy) is 1. The number of carbonyl (C=O) groups excluding carboxylic acids is 1. The van der Waals surface area contributed by atoms with Crippen molar-refractivity contribution in [3.05, 3.63) is 71.8 Å². The third kappa shape index (κ3) is 4.82. The first-order chi connectivity index (χ1) is 13.6. The fourth-order valence-corrected chi connectivity index (χ4v) is 3.56. The van der Waals surface area contributed by atoms with Gasteiger partial charge in [-0.2, -0.15) is 0 Å². The van der Waals surface area contributed by atoms with E-state index in [1.165, 1.54) is 6.92 Å². The number of rotatable bonds is 9. The summed E-state index contributed by atoms with van der Waals surface area (Å²) in [6.07, 6.45) is 1.81. The van der Waals surface area contributed by atoms with E-state index >= 15 is 0 Å². The predicted octanol–water partition coefficient (Wildman–Crippen LogP) is 5.16. The van der Waals surface area contributed by atoms with Gasteiger partial charge in [0.2, 0.25) is 0 Å². The van der Waals surface area contributed by atoms with Gasteiger partial charge in [-0.1, -0.05) is 41.6 Å². The van der Waals surface area contributed by atoms with Crippen molar-refractivity contribution in [2.45, 2.75) is 18.6 Å². The van der Waals surface area contributed by atoms with Gasteiger partial charge in [0, 0.05) is 22.9 Å². The second-order valence-corrected chi connectivity index (χ2v) is 7.46. The molecule has 3 aromatic rings. The zero-order valence-electron chi connectivity index (χ0n) is 15.5. The van der Waals surface area contributed by atoms with E-state index in [0.717, 1.165) is 16.5 Å². The summed E-state index contributed by atoms with van der Waals surface area (Å²) in [6, 6.07) is 14.8. The van der Waals surface area contributed by atoms with E-state index in [-0.39, 0.29) is 5.78 Å². The highest BCUT2D eigenvalue weighted by atomic mass is 35.5. The Labute approximate surface area is 173 Å². The van der Waals surface area contributed by atoms with Gasteiger partial charge >= 0.3 is 0 Å². The first-order valence-electron chi connectivity index (χ1n) is 8.75. The molecule has 0 saturated heterocycles. The first-order valence-corrected chi connectivity index (χ1v) is 10.1. The zero-order valence-corrected chi connectivity index (χ0v) is 17.0. The van der Waals surface area contributed by atoms with Crippen LogP contribution in [-0.2, 0) is 6.54 Å². The van der Waals surface area contributed by atoms with Crippen LogP contribution in [0.4, 0.5) is 0 Å². The predicted molar refractivity (Wildman–Crippen MR) is 113 cm³/mol. The maximum atomic E-state index is 11.7. The van der Waals surface area contributed by atoms with Crippen LogP contribution >= 0.6 is 23.4 Å². The maximum Gasteiger partial charge on any atom is 0.191 e. The van der Waals surface area contributed by atoms with Gasteiger partial charge in [-0.25, -0.2) is 0 Å². The van der Waals surface area contributed by atoms with Crippen LogP contribution in [0.5, 0.6) is 5.75 Å². The molecule has 0 unspecified atom stereocenters. The van der Waals surface area contributed by atoms with Crippen molar-refractivity contribution in [3.8, 4) is 17.1 Å². The highest BCUT2D eigenvalue weighted by Crippen LogP contribution is 2.25. The summed E-state index contributed by atoms with van der Waals surface area (Å²) in [5.41, 5.74) is 1.53. The number of hydrogen-bond donors (Lipinski definition) is 0. The lowest BCUT2D eigenvalue weighted by atomic mass is 10.1. The highest BCUT2D eigenvalue weighted by Gasteiger charge is 2.14. The molecular weight excluding hydrogens is 394 g/mol. The number of Topliss-reactive ketones (excluding diaryl/α,β-unsaturated/α-hetero) is 1. The summed E-state index contributed by atoms with van der Waals surface area (Å²) in [5.74, 6) is 2.02. The first kappa shape index (κ1) is 20.2. The van der Waals surface area contributed by atoms with Gasteiger partial charge in [0.15, 0.2) is 16.8 Å². The lowest BCUT2D eigenvalue weighted by Crippen LogP contribution is -2.06. The number of halogens is 1. The summed E-state index contributed by atoms with van der Waals surface area (Å²) < 4.78 is 7.80. The van der Waals surface area contributed by atoms with E-state index in [1.807, 2.05) is 47.0 Å². The van der Waals surface area contributed by atoms with E-state index in [0.29, 0.717) is 35.2 Å². The molecule has 0 amide bonds. The van der Waals surface area contributed by atoms with Crippen LogP contribution in [0.2, 0.25) is 5.02 Å². The summed E-state index contributed by atoms with van der Waals surface area (Å²) in [4.78, 5) is 11.7. The van der Waals surface area contributed by atoms with Crippen LogP contribution in [0.3, 0.4) is 0 Å². The number of para-hydroxylation sites is 1. The molecule has 0 aliphatic heterocycles. The molecule has 0 aliphatic rings. The smallest absolute Gasteiger partial charge is 0.191 e. The minimum atomic E-state index is -0.0124. The third-order valence-corrected chi connectivity index (χ3v) is 5.15. The maximum absolute atomic E-state index is 11.7. The normalized spacial score (nSPS) is 10.6. The molecule has 0 spiro atoms. The Morgan fingerprint density at radius 1 is 1.21 bits per heavy atom. The monoisotopic (exact) mass is 413 g/mol. The molecule has 1 aromatic heterocycles. The second kappa shape index (κ2) is 9.57. The molecular formula is C21H20ClN3O2S. The Morgan fingerprint density at radius 2 is 1.96 bits per heavy atom. The Kier molecular flexibility index (Phi) is 6.90. The van der Waals surface area contributed by atoms with Crippen molar-refractivity contribution in [1.29, 1.82) is 0 Å². The lowest BCUT2D eigenvalue weighted by Gasteiger charge is -2.10. The molecule has 3 rings (SSSR count). The van der Waals surface area contributed by atoms with Crippen LogP contribution in [0.15, 0.2) is 66.3 Å². The van der Waals surface area contributed by atoms with E-state index in [1.54, 1.807) is 23.9 Å². The van der Waals surface area contributed by atoms with Crippen molar-refractivity contribution in [2.24, 2.45) is 0 Å². The molecule has 0 N–H and O–H groups in total. The Hall–Kier alpha value is -2.57. The Balaban J connectivity index is 1.67. The molecule has 0 bridgehead atoms. The molecule has 7 heteroatoms. The van der Waals surface area contributed by atoms with E-state index < -0.39 is 0 Å². The number of thioether (sulfide) groups is 1. The fraction of sp³-hybridized carbons (Fsp3) is 0.190. The van der Waals surface area contributed by atoms with Gasteiger partial charge in [-0.3, -0.25) is 9.36 Å². The van der Waals surface area contributed by atoms with Gasteiger partial charge in [0.05, 0.1) is 12.2 Å². The van der Waals surface area contributed by atoms with Crippen LogP contribution in [0.25, 0.3) is 11.4 Å². The number of benzene rings is 2. The van der Waals surface area contributed by atoms with Gasteiger partial charge < -0.3 is 4.74 Å². The molecule has 0 saturated carbocycles. The molecule has 2 aromatic carbocycles. The number of hydrogen-bond acceptors (Lipinski definition) is 5. The van der Waals surface area contributed by atoms with Crippen molar-refractivity contribution in [2.75, 3.05) is 12.4 Å². The minimum absolute atomic E-state index is 0.0124. The highest BCUT2D eigenvalue weighted by molar-refractivity contribution is 7.99. The zero-order chi connectivity index (χ0) is 19.9. The molecule has 0 fully saturated rings. The van der Waals surface area contributed by atoms with Crippen molar-refractivity contribution >= 4 is 29.1 Å². The molecule has 144 valence electrons. The number of allylic oxidation sites excluding steroid dienone is 1. The van der Waals surface area contributed by atoms with Crippen LogP contribution in [0, 0.1) is 0 Å². The van der Waals surface area contributed by atoms with E-state index in [9.17, 15) is 4.79 Å². The summed E-state index contributed by atoms with van der Waals surface area (Å²) in [6.45, 7) is 6.41. The average Bonchev–Trinajstić information content (AvgIpc) is 3.09. The van der Waals surface area contributed by atoms with Crippen LogP contribution in [0.1, 0.15) is 17.3 Å². The largest absolute Gasteiger partial charge is 0.492 e. The third-order valence-electron chi connectivity index (χ3n) is 3.97. The van der Waals surface area contributed by atoms with E-state index in [2.05, 4.69) is 16.8 Å². The topological polar surface area (TPSA) is 57.0 Å². The number of carbonyl (C=O) groups is 1. The number of ketones is 1. The minimum Gasteiger partial charge on any atom is -0.492 e. The van der Waals surface area contributed by atoms with E-state index in [4.69, 9.17) is 16.3 Å². The summed E-state index contributed by atoms with van der Waals surface area (Å²) in [5, 5.41) is 10.1.